The zero-order valence-electron chi connectivity index (χ0n) is 8.49. The Labute approximate surface area is 79.4 Å². The minimum atomic E-state index is 0.189. The fourth-order valence-corrected chi connectivity index (χ4v) is 1.30. The summed E-state index contributed by atoms with van der Waals surface area (Å²) in [4.78, 5) is 8.41. The minimum absolute atomic E-state index is 0.189. The second kappa shape index (κ2) is 4.33. The molecule has 0 saturated heterocycles. The quantitative estimate of drug-likeness (QED) is 0.767. The number of aromatic nitrogens is 2. The van der Waals surface area contributed by atoms with Gasteiger partial charge in [-0.1, -0.05) is 13.8 Å². The molecule has 0 bridgehead atoms. The van der Waals surface area contributed by atoms with Gasteiger partial charge >= 0.3 is 0 Å². The Morgan fingerprint density at radius 3 is 2.77 bits per heavy atom. The van der Waals surface area contributed by atoms with E-state index in [9.17, 15) is 0 Å². The van der Waals surface area contributed by atoms with Gasteiger partial charge in [0.15, 0.2) is 0 Å². The summed E-state index contributed by atoms with van der Waals surface area (Å²) in [6.07, 6.45) is 2.76. The SMILES string of the molecule is CCC(N)C(C)c1ccnc(C)n1. The minimum Gasteiger partial charge on any atom is -0.327 e. The molecular weight excluding hydrogens is 162 g/mol. The van der Waals surface area contributed by atoms with Gasteiger partial charge in [-0.3, -0.25) is 0 Å². The lowest BCUT2D eigenvalue weighted by Gasteiger charge is -2.17. The first-order valence-corrected chi connectivity index (χ1v) is 4.70. The lowest BCUT2D eigenvalue weighted by molar-refractivity contribution is 0.538. The first-order valence-electron chi connectivity index (χ1n) is 4.70. The topological polar surface area (TPSA) is 51.8 Å². The predicted molar refractivity (Wildman–Crippen MR) is 53.5 cm³/mol. The van der Waals surface area contributed by atoms with Crippen molar-refractivity contribution in [3.8, 4) is 0 Å². The molecule has 1 heterocycles. The zero-order valence-corrected chi connectivity index (χ0v) is 8.49. The maximum atomic E-state index is 5.94. The number of hydrogen-bond donors (Lipinski definition) is 1. The molecule has 2 N–H and O–H groups in total. The smallest absolute Gasteiger partial charge is 0.125 e. The Hall–Kier alpha value is -0.960. The summed E-state index contributed by atoms with van der Waals surface area (Å²) in [6.45, 7) is 6.10. The van der Waals surface area contributed by atoms with E-state index in [2.05, 4.69) is 23.8 Å². The molecule has 3 nitrogen and oxygen atoms in total. The van der Waals surface area contributed by atoms with Gasteiger partial charge in [-0.2, -0.15) is 0 Å². The molecule has 0 aliphatic carbocycles. The van der Waals surface area contributed by atoms with E-state index in [0.29, 0.717) is 5.92 Å². The van der Waals surface area contributed by atoms with Crippen LogP contribution in [-0.2, 0) is 0 Å². The van der Waals surface area contributed by atoms with E-state index in [-0.39, 0.29) is 6.04 Å². The van der Waals surface area contributed by atoms with Crippen LogP contribution >= 0.6 is 0 Å². The lowest BCUT2D eigenvalue weighted by atomic mass is 9.97. The molecule has 0 aromatic carbocycles. The largest absolute Gasteiger partial charge is 0.327 e. The van der Waals surface area contributed by atoms with Gasteiger partial charge in [-0.05, 0) is 19.4 Å². The normalized spacial score (nSPS) is 15.4. The number of rotatable bonds is 3. The second-order valence-electron chi connectivity index (χ2n) is 3.39. The van der Waals surface area contributed by atoms with Crippen LogP contribution in [-0.4, -0.2) is 16.0 Å². The predicted octanol–water partition coefficient (Wildman–Crippen LogP) is 1.63. The average Bonchev–Trinajstić information content (AvgIpc) is 2.15. The third-order valence-electron chi connectivity index (χ3n) is 2.38. The van der Waals surface area contributed by atoms with Crippen molar-refractivity contribution in [3.63, 3.8) is 0 Å². The third-order valence-corrected chi connectivity index (χ3v) is 2.38. The van der Waals surface area contributed by atoms with Gasteiger partial charge in [-0.15, -0.1) is 0 Å². The van der Waals surface area contributed by atoms with Crippen LogP contribution < -0.4 is 5.73 Å². The molecule has 0 radical (unpaired) electrons. The maximum Gasteiger partial charge on any atom is 0.125 e. The van der Waals surface area contributed by atoms with Crippen molar-refractivity contribution in [1.82, 2.24) is 9.97 Å². The van der Waals surface area contributed by atoms with Gasteiger partial charge < -0.3 is 5.73 Å². The summed E-state index contributed by atoms with van der Waals surface area (Å²) in [5.74, 6) is 1.12. The standard InChI is InChI=1S/C10H17N3/c1-4-9(11)7(2)10-5-6-12-8(3)13-10/h5-7,9H,4,11H2,1-3H3. The monoisotopic (exact) mass is 179 g/mol. The molecule has 1 rings (SSSR count). The van der Waals surface area contributed by atoms with Gasteiger partial charge in [0.25, 0.3) is 0 Å². The van der Waals surface area contributed by atoms with Crippen molar-refractivity contribution in [1.29, 1.82) is 0 Å². The summed E-state index contributed by atoms with van der Waals surface area (Å²) >= 11 is 0. The summed E-state index contributed by atoms with van der Waals surface area (Å²) in [5, 5.41) is 0. The van der Waals surface area contributed by atoms with Gasteiger partial charge in [0.2, 0.25) is 0 Å². The molecular formula is C10H17N3. The fraction of sp³-hybridized carbons (Fsp3) is 0.600. The first kappa shape index (κ1) is 10.1. The highest BCUT2D eigenvalue weighted by atomic mass is 14.9. The Balaban J connectivity index is 2.82. The average molecular weight is 179 g/mol. The van der Waals surface area contributed by atoms with E-state index in [1.165, 1.54) is 0 Å². The zero-order chi connectivity index (χ0) is 9.84. The van der Waals surface area contributed by atoms with Gasteiger partial charge in [0.1, 0.15) is 5.82 Å². The van der Waals surface area contributed by atoms with Crippen LogP contribution in [0, 0.1) is 6.92 Å². The first-order chi connectivity index (χ1) is 6.15. The van der Waals surface area contributed by atoms with Crippen LogP contribution in [0.5, 0.6) is 0 Å². The molecule has 13 heavy (non-hydrogen) atoms. The number of hydrogen-bond acceptors (Lipinski definition) is 3. The number of nitrogens with two attached hydrogens (primary N) is 1. The van der Waals surface area contributed by atoms with Crippen molar-refractivity contribution < 1.29 is 0 Å². The number of nitrogens with zero attached hydrogens (tertiary/aromatic N) is 2. The molecule has 2 unspecified atom stereocenters. The van der Waals surface area contributed by atoms with Crippen LogP contribution in [0.15, 0.2) is 12.3 Å². The third kappa shape index (κ3) is 2.49. The Morgan fingerprint density at radius 2 is 2.23 bits per heavy atom. The molecule has 3 heteroatoms. The van der Waals surface area contributed by atoms with Crippen LogP contribution in [0.1, 0.15) is 37.7 Å². The van der Waals surface area contributed by atoms with Crippen LogP contribution in [0.2, 0.25) is 0 Å². The van der Waals surface area contributed by atoms with Crippen molar-refractivity contribution in [2.45, 2.75) is 39.2 Å². The van der Waals surface area contributed by atoms with Crippen LogP contribution in [0.4, 0.5) is 0 Å². The molecule has 1 aromatic heterocycles. The highest BCUT2D eigenvalue weighted by Crippen LogP contribution is 2.16. The van der Waals surface area contributed by atoms with E-state index in [1.54, 1.807) is 6.20 Å². The van der Waals surface area contributed by atoms with E-state index in [0.717, 1.165) is 17.9 Å². The Kier molecular flexibility index (Phi) is 3.37. The van der Waals surface area contributed by atoms with E-state index < -0.39 is 0 Å². The molecule has 0 amide bonds. The number of aryl methyl sites for hydroxylation is 1. The van der Waals surface area contributed by atoms with Crippen LogP contribution in [0.3, 0.4) is 0 Å². The van der Waals surface area contributed by atoms with E-state index >= 15 is 0 Å². The van der Waals surface area contributed by atoms with Crippen molar-refractivity contribution in [3.05, 3.63) is 23.8 Å². The van der Waals surface area contributed by atoms with Crippen molar-refractivity contribution >= 4 is 0 Å². The highest BCUT2D eigenvalue weighted by molar-refractivity contribution is 5.09. The van der Waals surface area contributed by atoms with Gasteiger partial charge in [0.05, 0.1) is 0 Å². The molecule has 1 aromatic rings. The highest BCUT2D eigenvalue weighted by Gasteiger charge is 2.14. The molecule has 72 valence electrons. The van der Waals surface area contributed by atoms with E-state index in [4.69, 9.17) is 5.73 Å². The summed E-state index contributed by atoms with van der Waals surface area (Å²) in [7, 11) is 0. The molecule has 0 aliphatic rings. The van der Waals surface area contributed by atoms with Crippen LogP contribution in [0.25, 0.3) is 0 Å². The molecule has 0 spiro atoms. The molecule has 0 fully saturated rings. The summed E-state index contributed by atoms with van der Waals surface area (Å²) in [6, 6.07) is 2.13. The fourth-order valence-electron chi connectivity index (χ4n) is 1.30. The van der Waals surface area contributed by atoms with Gasteiger partial charge in [-0.25, -0.2) is 9.97 Å². The maximum absolute atomic E-state index is 5.94. The molecule has 2 atom stereocenters. The van der Waals surface area contributed by atoms with Gasteiger partial charge in [0, 0.05) is 23.9 Å². The summed E-state index contributed by atoms with van der Waals surface area (Å²) < 4.78 is 0. The molecule has 0 saturated carbocycles. The molecule has 0 aliphatic heterocycles. The van der Waals surface area contributed by atoms with Crippen molar-refractivity contribution in [2.24, 2.45) is 5.73 Å². The van der Waals surface area contributed by atoms with E-state index in [1.807, 2.05) is 13.0 Å². The van der Waals surface area contributed by atoms with Crippen molar-refractivity contribution in [2.75, 3.05) is 0 Å². The summed E-state index contributed by atoms with van der Waals surface area (Å²) in [5.41, 5.74) is 6.98. The Morgan fingerprint density at radius 1 is 1.54 bits per heavy atom. The Bertz CT molecular complexity index is 273. The second-order valence-corrected chi connectivity index (χ2v) is 3.39. The lowest BCUT2D eigenvalue weighted by Crippen LogP contribution is -2.26.